The van der Waals surface area contributed by atoms with E-state index in [1.165, 1.54) is 0 Å². The van der Waals surface area contributed by atoms with Gasteiger partial charge in [0.2, 0.25) is 0 Å². The molecule has 0 rings (SSSR count). The number of rotatable bonds is 0. The van der Waals surface area contributed by atoms with Crippen LogP contribution in [0.3, 0.4) is 0 Å². The van der Waals surface area contributed by atoms with Crippen molar-refractivity contribution in [3.63, 3.8) is 0 Å². The van der Waals surface area contributed by atoms with E-state index in [0.29, 0.717) is 0 Å². The lowest BCUT2D eigenvalue weighted by atomic mass is 10.5. The first-order valence-corrected chi connectivity index (χ1v) is 1.97. The molecule has 0 aromatic heterocycles. The molecule has 0 bridgehead atoms. The van der Waals surface area contributed by atoms with Crippen molar-refractivity contribution in [1.29, 1.82) is 0 Å². The van der Waals surface area contributed by atoms with E-state index >= 15 is 0 Å². The molecule has 9 heavy (non-hydrogen) atoms. The average Bonchev–Trinajstić information content (AvgIpc) is 1.80. The van der Waals surface area contributed by atoms with Gasteiger partial charge in [-0.15, -0.1) is 6.42 Å². The summed E-state index contributed by atoms with van der Waals surface area (Å²) in [5.74, 6) is 8.87. The van der Waals surface area contributed by atoms with E-state index in [9.17, 15) is 4.79 Å². The third-order valence-corrected chi connectivity index (χ3v) is 0.367. The van der Waals surface area contributed by atoms with Crippen LogP contribution in [0.1, 0.15) is 0 Å². The van der Waals surface area contributed by atoms with E-state index in [1.54, 1.807) is 5.92 Å². The minimum Gasteiger partial charge on any atom is -0.472 e. The molecule has 2 nitrogen and oxygen atoms in total. The van der Waals surface area contributed by atoms with Crippen molar-refractivity contribution < 1.29 is 9.90 Å². The molecule has 0 unspecified atom stereocenters. The minimum atomic E-state index is -1.21. The van der Waals surface area contributed by atoms with E-state index in [0.717, 1.165) is 0 Å². The molecule has 0 aliphatic carbocycles. The van der Waals surface area contributed by atoms with Gasteiger partial charge in [0.05, 0.1) is 0 Å². The zero-order chi connectivity index (χ0) is 7.11. The highest BCUT2D eigenvalue weighted by molar-refractivity contribution is 5.87. The van der Waals surface area contributed by atoms with Gasteiger partial charge in [0.15, 0.2) is 0 Å². The number of terminal acetylenes is 1. The first-order valence-electron chi connectivity index (χ1n) is 1.97. The van der Waals surface area contributed by atoms with Crippen molar-refractivity contribution in [1.82, 2.24) is 0 Å². The molecule has 0 aromatic rings. The molecule has 0 amide bonds. The van der Waals surface area contributed by atoms with Crippen LogP contribution in [0.2, 0.25) is 0 Å². The third kappa shape index (κ3) is 6.15. The Morgan fingerprint density at radius 3 is 2.44 bits per heavy atom. The second-order valence-corrected chi connectivity index (χ2v) is 0.949. The highest BCUT2D eigenvalue weighted by atomic mass is 16.4. The Balaban J connectivity index is 3.95. The van der Waals surface area contributed by atoms with E-state index in [4.69, 9.17) is 11.5 Å². The Bertz CT molecular complexity index is 259. The molecule has 0 spiro atoms. The van der Waals surface area contributed by atoms with Gasteiger partial charge in [-0.3, -0.25) is 0 Å². The molecule has 0 saturated heterocycles. The van der Waals surface area contributed by atoms with Gasteiger partial charge in [-0.25, -0.2) is 4.79 Å². The van der Waals surface area contributed by atoms with Gasteiger partial charge in [0.1, 0.15) is 0 Å². The number of hydrogen-bond acceptors (Lipinski definition) is 1. The fourth-order valence-electron chi connectivity index (χ4n) is 0.152. The largest absolute Gasteiger partial charge is 0.472 e. The summed E-state index contributed by atoms with van der Waals surface area (Å²) in [5.41, 5.74) is 0. The molecule has 42 valence electrons. The predicted octanol–water partition coefficient (Wildman–Crippen LogP) is -0.289. The molecule has 0 saturated carbocycles. The fraction of sp³-hybridized carbons (Fsp3) is 0. The summed E-state index contributed by atoms with van der Waals surface area (Å²) in [6, 6.07) is 0. The van der Waals surface area contributed by atoms with Crippen molar-refractivity contribution in [3.8, 4) is 36.0 Å². The van der Waals surface area contributed by atoms with Gasteiger partial charge in [0.25, 0.3) is 0 Å². The Hall–Kier alpha value is -1.85. The Labute approximate surface area is 52.9 Å². The van der Waals surface area contributed by atoms with Crippen molar-refractivity contribution in [2.45, 2.75) is 0 Å². The molecule has 0 heterocycles. The molecule has 0 fully saturated rings. The second kappa shape index (κ2) is 4.31. The predicted molar refractivity (Wildman–Crippen MR) is 32.0 cm³/mol. The highest BCUT2D eigenvalue weighted by Gasteiger charge is 1.77. The third-order valence-electron chi connectivity index (χ3n) is 0.367. The summed E-state index contributed by atoms with van der Waals surface area (Å²) in [4.78, 5) is 9.67. The van der Waals surface area contributed by atoms with Crippen LogP contribution in [0.15, 0.2) is 0 Å². The van der Waals surface area contributed by atoms with E-state index in [1.807, 2.05) is 11.8 Å². The first-order chi connectivity index (χ1) is 4.27. The van der Waals surface area contributed by atoms with Crippen LogP contribution in [0.4, 0.5) is 0 Å². The topological polar surface area (TPSA) is 37.3 Å². The lowest BCUT2D eigenvalue weighted by Crippen LogP contribution is -1.85. The van der Waals surface area contributed by atoms with Crippen LogP contribution >= 0.6 is 0 Å². The summed E-state index contributed by atoms with van der Waals surface area (Å²) < 4.78 is 0. The van der Waals surface area contributed by atoms with Gasteiger partial charge in [-0.05, 0) is 23.7 Å². The van der Waals surface area contributed by atoms with Crippen molar-refractivity contribution in [2.24, 2.45) is 0 Å². The van der Waals surface area contributed by atoms with Gasteiger partial charge in [-0.1, -0.05) is 0 Å². The molecule has 0 radical (unpaired) electrons. The quantitative estimate of drug-likeness (QED) is 0.444. The zero-order valence-electron chi connectivity index (χ0n) is 4.43. The number of carboxylic acids is 1. The summed E-state index contributed by atoms with van der Waals surface area (Å²) in [5, 5.41) is 7.92. The average molecular weight is 118 g/mol. The normalized spacial score (nSPS) is 4.78. The molecule has 0 atom stereocenters. The maximum Gasteiger partial charge on any atom is 0.382 e. The first kappa shape index (κ1) is 7.15. The summed E-state index contributed by atoms with van der Waals surface area (Å²) in [6.45, 7) is 0. The monoisotopic (exact) mass is 118 g/mol. The van der Waals surface area contributed by atoms with Gasteiger partial charge in [0, 0.05) is 5.92 Å². The maximum atomic E-state index is 9.67. The van der Waals surface area contributed by atoms with Crippen LogP contribution in [0.25, 0.3) is 0 Å². The summed E-state index contributed by atoms with van der Waals surface area (Å²) in [6.07, 6.45) is 4.71. The van der Waals surface area contributed by atoms with Crippen LogP contribution in [-0.4, -0.2) is 11.1 Å². The van der Waals surface area contributed by atoms with Gasteiger partial charge >= 0.3 is 5.97 Å². The number of carbonyl (C=O) groups is 1. The van der Waals surface area contributed by atoms with E-state index in [-0.39, 0.29) is 0 Å². The number of aliphatic carboxylic acids is 1. The molecular weight excluding hydrogens is 116 g/mol. The standard InChI is InChI=1S/C7H2O2/c1-2-3-4-5-6-7(8)9/h1H,(H,8,9). The summed E-state index contributed by atoms with van der Waals surface area (Å²) in [7, 11) is 0. The minimum absolute atomic E-state index is 1.21. The second-order valence-electron chi connectivity index (χ2n) is 0.949. The lowest BCUT2D eigenvalue weighted by molar-refractivity contribution is -0.130. The summed E-state index contributed by atoms with van der Waals surface area (Å²) >= 11 is 0. The Morgan fingerprint density at radius 1 is 1.33 bits per heavy atom. The van der Waals surface area contributed by atoms with Crippen LogP contribution in [-0.2, 0) is 4.79 Å². The van der Waals surface area contributed by atoms with Gasteiger partial charge < -0.3 is 5.11 Å². The smallest absolute Gasteiger partial charge is 0.382 e. The molecule has 0 aliphatic heterocycles. The highest BCUT2D eigenvalue weighted by Crippen LogP contribution is 1.55. The zero-order valence-corrected chi connectivity index (χ0v) is 4.43. The van der Waals surface area contributed by atoms with Crippen LogP contribution in [0, 0.1) is 36.0 Å². The molecule has 1 N–H and O–H groups in total. The van der Waals surface area contributed by atoms with Crippen molar-refractivity contribution in [3.05, 3.63) is 0 Å². The van der Waals surface area contributed by atoms with E-state index in [2.05, 4.69) is 11.8 Å². The Morgan fingerprint density at radius 2 is 2.00 bits per heavy atom. The SMILES string of the molecule is C#CC#CC#CC(=O)O. The molecule has 0 aliphatic rings. The van der Waals surface area contributed by atoms with Gasteiger partial charge in [-0.2, -0.15) is 0 Å². The van der Waals surface area contributed by atoms with Crippen LogP contribution < -0.4 is 0 Å². The number of carboxylic acid groups (broad SMARTS) is 1. The van der Waals surface area contributed by atoms with E-state index < -0.39 is 5.97 Å². The molecule has 0 aromatic carbocycles. The maximum absolute atomic E-state index is 9.67. The lowest BCUT2D eigenvalue weighted by Gasteiger charge is -1.63. The number of hydrogen-bond donors (Lipinski definition) is 1. The van der Waals surface area contributed by atoms with Crippen molar-refractivity contribution >= 4 is 5.97 Å². The van der Waals surface area contributed by atoms with Crippen molar-refractivity contribution in [2.75, 3.05) is 0 Å². The van der Waals surface area contributed by atoms with Crippen LogP contribution in [0.5, 0.6) is 0 Å². The molecule has 2 heteroatoms. The fourth-order valence-corrected chi connectivity index (χ4v) is 0.152. The molecular formula is C7H2O2. The Kier molecular flexibility index (Phi) is 3.43.